The van der Waals surface area contributed by atoms with Gasteiger partial charge in [-0.25, -0.2) is 0 Å². The largest absolute Gasteiger partial charge is 0.354 e. The molecule has 0 saturated heterocycles. The Hall–Kier alpha value is -3.92. The fourth-order valence-corrected chi connectivity index (χ4v) is 3.90. The molecule has 0 aliphatic heterocycles. The van der Waals surface area contributed by atoms with Crippen LogP contribution in [-0.2, 0) is 0 Å². The van der Waals surface area contributed by atoms with Crippen LogP contribution in [0.5, 0.6) is 0 Å². The van der Waals surface area contributed by atoms with Crippen molar-refractivity contribution in [1.29, 1.82) is 0 Å². The summed E-state index contributed by atoms with van der Waals surface area (Å²) in [5, 5.41) is 13.9. The monoisotopic (exact) mass is 364 g/mol. The summed E-state index contributed by atoms with van der Waals surface area (Å²) in [7, 11) is 0. The molecule has 28 heavy (non-hydrogen) atoms. The van der Waals surface area contributed by atoms with Crippen LogP contribution in [0.1, 0.15) is 0 Å². The highest BCUT2D eigenvalue weighted by atomic mass is 16.6. The Labute approximate surface area is 161 Å². The zero-order valence-electron chi connectivity index (χ0n) is 14.9. The predicted octanol–water partition coefficient (Wildman–Crippen LogP) is 6.56. The van der Waals surface area contributed by atoms with Crippen LogP contribution in [0.15, 0.2) is 91.0 Å². The van der Waals surface area contributed by atoms with Crippen molar-refractivity contribution in [1.82, 2.24) is 4.98 Å². The number of H-pyrrole nitrogens is 1. The molecule has 4 nitrogen and oxygen atoms in total. The number of para-hydroxylation sites is 1. The summed E-state index contributed by atoms with van der Waals surface area (Å²) in [6, 6.07) is 29.0. The van der Waals surface area contributed by atoms with Crippen LogP contribution < -0.4 is 0 Å². The van der Waals surface area contributed by atoms with Crippen LogP contribution in [0.25, 0.3) is 44.1 Å². The summed E-state index contributed by atoms with van der Waals surface area (Å²) in [4.78, 5) is 15.3. The highest BCUT2D eigenvalue weighted by molar-refractivity contribution is 6.20. The first-order valence-electron chi connectivity index (χ1n) is 9.06. The Morgan fingerprint density at radius 2 is 1.36 bits per heavy atom. The topological polar surface area (TPSA) is 58.9 Å². The van der Waals surface area contributed by atoms with Crippen LogP contribution in [0.3, 0.4) is 0 Å². The van der Waals surface area contributed by atoms with E-state index in [2.05, 4.69) is 4.98 Å². The van der Waals surface area contributed by atoms with Gasteiger partial charge in [-0.3, -0.25) is 10.1 Å². The van der Waals surface area contributed by atoms with Gasteiger partial charge in [-0.15, -0.1) is 0 Å². The van der Waals surface area contributed by atoms with E-state index in [1.165, 1.54) is 0 Å². The first-order chi connectivity index (χ1) is 13.7. The number of benzene rings is 4. The molecule has 1 N–H and O–H groups in total. The molecular weight excluding hydrogens is 348 g/mol. The van der Waals surface area contributed by atoms with E-state index >= 15 is 0 Å². The highest BCUT2D eigenvalue weighted by Crippen LogP contribution is 2.45. The lowest BCUT2D eigenvalue weighted by Crippen LogP contribution is -1.95. The van der Waals surface area contributed by atoms with Gasteiger partial charge >= 0.3 is 0 Å². The Morgan fingerprint density at radius 3 is 2.04 bits per heavy atom. The van der Waals surface area contributed by atoms with E-state index in [9.17, 15) is 10.1 Å². The van der Waals surface area contributed by atoms with E-state index in [1.54, 1.807) is 6.07 Å². The molecule has 5 aromatic rings. The molecule has 4 heteroatoms. The molecule has 1 heterocycles. The second-order valence-electron chi connectivity index (χ2n) is 6.73. The zero-order chi connectivity index (χ0) is 19.1. The van der Waals surface area contributed by atoms with E-state index in [0.29, 0.717) is 5.56 Å². The van der Waals surface area contributed by atoms with Crippen LogP contribution in [0.4, 0.5) is 5.69 Å². The minimum absolute atomic E-state index is 0.113. The summed E-state index contributed by atoms with van der Waals surface area (Å²) in [6.07, 6.45) is 0. The van der Waals surface area contributed by atoms with E-state index in [1.807, 2.05) is 84.9 Å². The van der Waals surface area contributed by atoms with Gasteiger partial charge in [0.25, 0.3) is 5.69 Å². The van der Waals surface area contributed by atoms with Gasteiger partial charge in [0.1, 0.15) is 0 Å². The summed E-state index contributed by atoms with van der Waals surface area (Å²) in [5.41, 5.74) is 5.26. The first-order valence-corrected chi connectivity index (χ1v) is 9.06. The minimum Gasteiger partial charge on any atom is -0.354 e. The van der Waals surface area contributed by atoms with E-state index in [-0.39, 0.29) is 10.6 Å². The van der Waals surface area contributed by atoms with Crippen LogP contribution >= 0.6 is 0 Å². The van der Waals surface area contributed by atoms with Gasteiger partial charge in [0.15, 0.2) is 0 Å². The van der Waals surface area contributed by atoms with Crippen molar-refractivity contribution >= 4 is 27.5 Å². The number of aromatic nitrogens is 1. The fourth-order valence-electron chi connectivity index (χ4n) is 3.90. The van der Waals surface area contributed by atoms with Gasteiger partial charge < -0.3 is 4.98 Å². The highest BCUT2D eigenvalue weighted by Gasteiger charge is 2.24. The molecule has 0 fully saturated rings. The molecule has 0 unspecified atom stereocenters. The minimum atomic E-state index is -0.282. The average Bonchev–Trinajstić information content (AvgIpc) is 3.13. The Morgan fingerprint density at radius 1 is 0.750 bits per heavy atom. The number of nitro benzene ring substituents is 1. The van der Waals surface area contributed by atoms with Gasteiger partial charge in [0, 0.05) is 27.9 Å². The molecule has 0 radical (unpaired) electrons. The number of nitrogens with zero attached hydrogens (tertiary/aromatic N) is 1. The van der Waals surface area contributed by atoms with Gasteiger partial charge in [0.2, 0.25) is 0 Å². The van der Waals surface area contributed by atoms with Crippen molar-refractivity contribution in [3.8, 4) is 22.3 Å². The summed E-state index contributed by atoms with van der Waals surface area (Å²) in [6.45, 7) is 0. The third-order valence-electron chi connectivity index (χ3n) is 5.11. The smallest absolute Gasteiger partial charge is 0.278 e. The molecule has 134 valence electrons. The second-order valence-corrected chi connectivity index (χ2v) is 6.73. The van der Waals surface area contributed by atoms with Crippen molar-refractivity contribution in [2.45, 2.75) is 0 Å². The summed E-state index contributed by atoms with van der Waals surface area (Å²) < 4.78 is 0. The summed E-state index contributed by atoms with van der Waals surface area (Å²) in [5.74, 6) is 0. The quantitative estimate of drug-likeness (QED) is 0.291. The molecule has 0 amide bonds. The van der Waals surface area contributed by atoms with Crippen LogP contribution in [0, 0.1) is 10.1 Å². The lowest BCUT2D eigenvalue weighted by atomic mass is 9.93. The molecule has 4 aromatic carbocycles. The lowest BCUT2D eigenvalue weighted by molar-refractivity contribution is -0.384. The maximum absolute atomic E-state index is 12.1. The third-order valence-corrected chi connectivity index (χ3v) is 5.11. The summed E-state index contributed by atoms with van der Waals surface area (Å²) >= 11 is 0. The van der Waals surface area contributed by atoms with Crippen LogP contribution in [-0.4, -0.2) is 9.91 Å². The average molecular weight is 364 g/mol. The molecule has 0 aliphatic carbocycles. The van der Waals surface area contributed by atoms with Crippen molar-refractivity contribution in [3.63, 3.8) is 0 Å². The second kappa shape index (κ2) is 6.35. The first kappa shape index (κ1) is 16.3. The van der Waals surface area contributed by atoms with Crippen LogP contribution in [0.2, 0.25) is 0 Å². The third kappa shape index (κ3) is 2.47. The van der Waals surface area contributed by atoms with Gasteiger partial charge in [0.05, 0.1) is 16.0 Å². The number of hydrogen-bond donors (Lipinski definition) is 1. The normalized spacial score (nSPS) is 11.1. The van der Waals surface area contributed by atoms with Crippen molar-refractivity contribution < 1.29 is 4.92 Å². The van der Waals surface area contributed by atoms with Gasteiger partial charge in [-0.05, 0) is 17.2 Å². The van der Waals surface area contributed by atoms with Crippen molar-refractivity contribution in [2.75, 3.05) is 0 Å². The molecule has 0 aliphatic rings. The number of rotatable bonds is 3. The molecule has 0 atom stereocenters. The van der Waals surface area contributed by atoms with E-state index in [4.69, 9.17) is 0 Å². The fraction of sp³-hybridized carbons (Fsp3) is 0. The maximum atomic E-state index is 12.1. The predicted molar refractivity (Wildman–Crippen MR) is 113 cm³/mol. The number of fused-ring (bicyclic) bond motifs is 3. The molecular formula is C24H16N2O2. The Bertz CT molecular complexity index is 1320. The molecule has 0 bridgehead atoms. The lowest BCUT2D eigenvalue weighted by Gasteiger charge is -2.10. The maximum Gasteiger partial charge on any atom is 0.278 e. The van der Waals surface area contributed by atoms with Crippen molar-refractivity contribution in [2.24, 2.45) is 0 Å². The Kier molecular flexibility index (Phi) is 3.69. The van der Waals surface area contributed by atoms with E-state index in [0.717, 1.165) is 38.5 Å². The zero-order valence-corrected chi connectivity index (χ0v) is 14.9. The number of aromatic amines is 1. The number of nitro groups is 1. The van der Waals surface area contributed by atoms with E-state index < -0.39 is 0 Å². The van der Waals surface area contributed by atoms with Gasteiger partial charge in [-0.2, -0.15) is 0 Å². The SMILES string of the molecule is O=[N+]([O-])c1cc(-c2ccccc2)c2[nH]c3ccccc3c2c1-c1ccccc1. The number of nitrogens with one attached hydrogen (secondary N) is 1. The number of hydrogen-bond acceptors (Lipinski definition) is 2. The standard InChI is InChI=1S/C24H16N2O2/c27-26(28)21-15-19(16-9-3-1-4-10-16)24-23(18-13-7-8-14-20(18)25-24)22(21)17-11-5-2-6-12-17/h1-15,25H. The van der Waals surface area contributed by atoms with Gasteiger partial charge in [-0.1, -0.05) is 78.9 Å². The molecule has 0 saturated carbocycles. The van der Waals surface area contributed by atoms with Crippen molar-refractivity contribution in [3.05, 3.63) is 101 Å². The molecule has 0 spiro atoms. The molecule has 1 aromatic heterocycles. The Balaban J connectivity index is 2.02. The molecule has 5 rings (SSSR count).